The van der Waals surface area contributed by atoms with Crippen LogP contribution in [0.4, 0.5) is 0 Å². The van der Waals surface area contributed by atoms with Crippen molar-refractivity contribution in [2.24, 2.45) is 0 Å². The van der Waals surface area contributed by atoms with Gasteiger partial charge in [-0.3, -0.25) is 4.79 Å². The van der Waals surface area contributed by atoms with Crippen molar-refractivity contribution in [2.45, 2.75) is 39.8 Å². The van der Waals surface area contributed by atoms with Gasteiger partial charge in [0.15, 0.2) is 13.2 Å². The van der Waals surface area contributed by atoms with Crippen LogP contribution in [0, 0.1) is 20.8 Å². The fourth-order valence-corrected chi connectivity index (χ4v) is 3.92. The smallest absolute Gasteiger partial charge is 0.344 e. The molecule has 0 saturated carbocycles. The molecule has 2 aromatic carbocycles. The highest BCUT2D eigenvalue weighted by atomic mass is 16.6. The number of nitrogens with zero attached hydrogens (tertiary/aromatic N) is 1. The third-order valence-corrected chi connectivity index (χ3v) is 5.34. The maximum absolute atomic E-state index is 12.8. The number of benzene rings is 2. The third-order valence-electron chi connectivity index (χ3n) is 5.34. The van der Waals surface area contributed by atoms with E-state index in [4.69, 9.17) is 14.2 Å². The molecule has 0 aromatic heterocycles. The van der Waals surface area contributed by atoms with Crippen LogP contribution in [0.5, 0.6) is 5.75 Å². The minimum Gasteiger partial charge on any atom is -0.481 e. The normalized spacial score (nSPS) is 15.1. The number of fused-ring (bicyclic) bond motifs is 1. The lowest BCUT2D eigenvalue weighted by molar-refractivity contribution is -0.160. The highest BCUT2D eigenvalue weighted by Gasteiger charge is 2.35. The molecular formula is C24H27NO6. The second kappa shape index (κ2) is 9.64. The van der Waals surface area contributed by atoms with Crippen LogP contribution in [-0.2, 0) is 36.8 Å². The quantitative estimate of drug-likeness (QED) is 0.662. The molecule has 0 unspecified atom stereocenters. The predicted molar refractivity (Wildman–Crippen MR) is 114 cm³/mol. The molecule has 0 N–H and O–H groups in total. The molecule has 0 saturated heterocycles. The average molecular weight is 425 g/mol. The Morgan fingerprint density at radius 3 is 2.29 bits per heavy atom. The Hall–Kier alpha value is -3.35. The van der Waals surface area contributed by atoms with E-state index in [0.717, 1.165) is 27.8 Å². The largest absolute Gasteiger partial charge is 0.481 e. The highest BCUT2D eigenvalue weighted by Crippen LogP contribution is 2.25. The Kier molecular flexibility index (Phi) is 6.95. The number of aryl methyl sites for hydroxylation is 3. The number of ether oxygens (including phenoxy) is 3. The van der Waals surface area contributed by atoms with Crippen LogP contribution in [0.2, 0.25) is 0 Å². The van der Waals surface area contributed by atoms with E-state index >= 15 is 0 Å². The van der Waals surface area contributed by atoms with E-state index in [-0.39, 0.29) is 13.2 Å². The first-order valence-corrected chi connectivity index (χ1v) is 10.1. The van der Waals surface area contributed by atoms with Crippen molar-refractivity contribution < 1.29 is 28.6 Å². The molecule has 1 heterocycles. The number of amides is 1. The number of esters is 2. The maximum Gasteiger partial charge on any atom is 0.344 e. The van der Waals surface area contributed by atoms with Crippen LogP contribution in [0.1, 0.15) is 27.8 Å². The van der Waals surface area contributed by atoms with Crippen molar-refractivity contribution in [3.05, 3.63) is 64.2 Å². The summed E-state index contributed by atoms with van der Waals surface area (Å²) in [6.07, 6.45) is 0.359. The van der Waals surface area contributed by atoms with Gasteiger partial charge in [-0.1, -0.05) is 42.0 Å². The summed E-state index contributed by atoms with van der Waals surface area (Å²) in [5.74, 6) is -0.976. The Morgan fingerprint density at radius 1 is 1.00 bits per heavy atom. The van der Waals surface area contributed by atoms with E-state index in [1.807, 2.05) is 57.2 Å². The van der Waals surface area contributed by atoms with Gasteiger partial charge >= 0.3 is 11.9 Å². The number of hydrogen-bond acceptors (Lipinski definition) is 6. The summed E-state index contributed by atoms with van der Waals surface area (Å²) in [6.45, 7) is 5.29. The molecule has 31 heavy (non-hydrogen) atoms. The molecule has 0 bridgehead atoms. The van der Waals surface area contributed by atoms with Crippen molar-refractivity contribution in [1.29, 1.82) is 0 Å². The van der Waals surface area contributed by atoms with Gasteiger partial charge in [0.05, 0.1) is 7.11 Å². The molecule has 0 fully saturated rings. The van der Waals surface area contributed by atoms with Crippen LogP contribution in [0.15, 0.2) is 36.4 Å². The highest BCUT2D eigenvalue weighted by molar-refractivity contribution is 5.87. The first kappa shape index (κ1) is 22.3. The summed E-state index contributed by atoms with van der Waals surface area (Å²) < 4.78 is 15.6. The van der Waals surface area contributed by atoms with Gasteiger partial charge in [-0.25, -0.2) is 9.59 Å². The molecule has 164 valence electrons. The summed E-state index contributed by atoms with van der Waals surface area (Å²) in [5.41, 5.74) is 4.91. The average Bonchev–Trinajstić information content (AvgIpc) is 2.75. The van der Waals surface area contributed by atoms with E-state index in [2.05, 4.69) is 0 Å². The molecule has 7 nitrogen and oxygen atoms in total. The zero-order chi connectivity index (χ0) is 22.5. The minimum absolute atomic E-state index is 0.255. The van der Waals surface area contributed by atoms with E-state index in [0.29, 0.717) is 12.2 Å². The summed E-state index contributed by atoms with van der Waals surface area (Å²) in [7, 11) is 1.29. The van der Waals surface area contributed by atoms with Gasteiger partial charge < -0.3 is 19.1 Å². The number of rotatable bonds is 6. The van der Waals surface area contributed by atoms with Gasteiger partial charge in [0.1, 0.15) is 11.8 Å². The first-order valence-electron chi connectivity index (χ1n) is 10.1. The van der Waals surface area contributed by atoms with Crippen molar-refractivity contribution in [1.82, 2.24) is 4.90 Å². The molecular weight excluding hydrogens is 398 g/mol. The fraction of sp³-hybridized carbons (Fsp3) is 0.375. The topological polar surface area (TPSA) is 82.1 Å². The van der Waals surface area contributed by atoms with Crippen LogP contribution < -0.4 is 4.74 Å². The first-order chi connectivity index (χ1) is 14.8. The molecule has 2 aromatic rings. The second-order valence-electron chi connectivity index (χ2n) is 7.71. The summed E-state index contributed by atoms with van der Waals surface area (Å²) in [4.78, 5) is 38.5. The third kappa shape index (κ3) is 5.23. The van der Waals surface area contributed by atoms with Crippen LogP contribution in [0.25, 0.3) is 0 Å². The molecule has 1 aliphatic heterocycles. The van der Waals surface area contributed by atoms with Crippen LogP contribution in [-0.4, -0.2) is 49.1 Å². The molecule has 1 atom stereocenters. The molecule has 0 spiro atoms. The van der Waals surface area contributed by atoms with Gasteiger partial charge in [-0.15, -0.1) is 0 Å². The Labute approximate surface area is 181 Å². The fourth-order valence-electron chi connectivity index (χ4n) is 3.92. The van der Waals surface area contributed by atoms with Gasteiger partial charge in [0.25, 0.3) is 5.91 Å². The Bertz CT molecular complexity index is 976. The van der Waals surface area contributed by atoms with Crippen molar-refractivity contribution in [2.75, 3.05) is 20.3 Å². The Balaban J connectivity index is 1.60. The zero-order valence-corrected chi connectivity index (χ0v) is 18.3. The van der Waals surface area contributed by atoms with E-state index in [1.165, 1.54) is 12.0 Å². The van der Waals surface area contributed by atoms with Crippen molar-refractivity contribution in [3.63, 3.8) is 0 Å². The standard InChI is InChI=1S/C24H27NO6/c1-15-9-16(2)23(17(3)10-15)31-14-22(27)30-13-21(26)25-12-19-8-6-5-7-18(19)11-20(25)24(28)29-4/h5-10,20H,11-14H2,1-4H3/t20-/m0/s1. The lowest BCUT2D eigenvalue weighted by Crippen LogP contribution is -2.50. The summed E-state index contributed by atoms with van der Waals surface area (Å²) >= 11 is 0. The predicted octanol–water partition coefficient (Wildman–Crippen LogP) is 2.66. The van der Waals surface area contributed by atoms with Gasteiger partial charge in [-0.05, 0) is 43.0 Å². The zero-order valence-electron chi connectivity index (χ0n) is 18.3. The minimum atomic E-state index is -0.750. The summed E-state index contributed by atoms with van der Waals surface area (Å²) in [5, 5.41) is 0. The number of methoxy groups -OCH3 is 1. The van der Waals surface area contributed by atoms with Gasteiger partial charge in [0.2, 0.25) is 0 Å². The van der Waals surface area contributed by atoms with Crippen LogP contribution >= 0.6 is 0 Å². The molecule has 1 aliphatic rings. The lowest BCUT2D eigenvalue weighted by atomic mass is 9.94. The number of hydrogen-bond donors (Lipinski definition) is 0. The van der Waals surface area contributed by atoms with Gasteiger partial charge in [-0.2, -0.15) is 0 Å². The molecule has 1 amide bonds. The van der Waals surface area contributed by atoms with Crippen molar-refractivity contribution >= 4 is 17.8 Å². The summed E-state index contributed by atoms with van der Waals surface area (Å²) in [6, 6.07) is 10.8. The lowest BCUT2D eigenvalue weighted by Gasteiger charge is -2.35. The monoisotopic (exact) mass is 425 g/mol. The molecule has 3 rings (SSSR count). The van der Waals surface area contributed by atoms with Crippen LogP contribution in [0.3, 0.4) is 0 Å². The number of carbonyl (C=O) groups excluding carboxylic acids is 3. The SMILES string of the molecule is COC(=O)[C@@H]1Cc2ccccc2CN1C(=O)COC(=O)COc1c(C)cc(C)cc1C. The van der Waals surface area contributed by atoms with E-state index in [1.54, 1.807) is 0 Å². The maximum atomic E-state index is 12.8. The van der Waals surface area contributed by atoms with E-state index in [9.17, 15) is 14.4 Å². The molecule has 7 heteroatoms. The molecule has 0 radical (unpaired) electrons. The number of carbonyl (C=O) groups is 3. The van der Waals surface area contributed by atoms with E-state index < -0.39 is 30.5 Å². The molecule has 0 aliphatic carbocycles. The van der Waals surface area contributed by atoms with Gasteiger partial charge in [0, 0.05) is 13.0 Å². The second-order valence-corrected chi connectivity index (χ2v) is 7.71. The van der Waals surface area contributed by atoms with Crippen molar-refractivity contribution in [3.8, 4) is 5.75 Å². The Morgan fingerprint density at radius 2 is 1.65 bits per heavy atom.